The summed E-state index contributed by atoms with van der Waals surface area (Å²) in [7, 11) is 0. The van der Waals surface area contributed by atoms with Crippen molar-refractivity contribution in [3.8, 4) is 0 Å². The number of aromatic nitrogens is 2. The molecule has 0 unspecified atom stereocenters. The molecule has 1 saturated heterocycles. The Labute approximate surface area is 191 Å². The molecule has 2 aliphatic heterocycles. The smallest absolute Gasteiger partial charge is 0.256 e. The lowest BCUT2D eigenvalue weighted by atomic mass is 9.69. The summed E-state index contributed by atoms with van der Waals surface area (Å²) in [5.74, 6) is 0.0579. The predicted octanol–water partition coefficient (Wildman–Crippen LogP) is 4.19. The molecule has 168 valence electrons. The molecule has 2 aromatic carbocycles. The van der Waals surface area contributed by atoms with E-state index in [1.165, 1.54) is 0 Å². The van der Waals surface area contributed by atoms with Gasteiger partial charge in [0.15, 0.2) is 5.78 Å². The number of piperidine rings is 1. The van der Waals surface area contributed by atoms with Crippen molar-refractivity contribution in [1.29, 1.82) is 0 Å². The second kappa shape index (κ2) is 7.27. The van der Waals surface area contributed by atoms with Crippen molar-refractivity contribution in [3.63, 3.8) is 0 Å². The number of amides is 2. The van der Waals surface area contributed by atoms with Gasteiger partial charge < -0.3 is 10.2 Å². The van der Waals surface area contributed by atoms with Gasteiger partial charge in [-0.3, -0.25) is 19.1 Å². The summed E-state index contributed by atoms with van der Waals surface area (Å²) >= 11 is 0. The van der Waals surface area contributed by atoms with Crippen LogP contribution < -0.4 is 5.32 Å². The highest BCUT2D eigenvalue weighted by Crippen LogP contribution is 2.42. The second-order valence-electron chi connectivity index (χ2n) is 9.82. The van der Waals surface area contributed by atoms with Crippen LogP contribution in [0.25, 0.3) is 10.8 Å². The normalized spacial score (nSPS) is 19.4. The maximum Gasteiger partial charge on any atom is 0.256 e. The number of anilines is 1. The first-order chi connectivity index (χ1) is 15.9. The van der Waals surface area contributed by atoms with E-state index in [9.17, 15) is 14.4 Å². The molecule has 3 heterocycles. The van der Waals surface area contributed by atoms with Crippen LogP contribution in [0, 0.1) is 5.41 Å². The fourth-order valence-electron chi connectivity index (χ4n) is 5.53. The van der Waals surface area contributed by atoms with Gasteiger partial charge in [0, 0.05) is 46.9 Å². The zero-order valence-corrected chi connectivity index (χ0v) is 18.6. The molecule has 1 saturated carbocycles. The van der Waals surface area contributed by atoms with E-state index >= 15 is 0 Å². The van der Waals surface area contributed by atoms with Crippen molar-refractivity contribution in [3.05, 3.63) is 59.4 Å². The molecular formula is C26H26N4O3. The van der Waals surface area contributed by atoms with E-state index < -0.39 is 0 Å². The van der Waals surface area contributed by atoms with E-state index in [4.69, 9.17) is 0 Å². The Balaban J connectivity index is 1.20. The van der Waals surface area contributed by atoms with Crippen LogP contribution in [0.15, 0.2) is 42.7 Å². The zero-order chi connectivity index (χ0) is 22.7. The van der Waals surface area contributed by atoms with Crippen LogP contribution in [-0.2, 0) is 4.79 Å². The number of hydrogen-bond donors (Lipinski definition) is 1. The van der Waals surface area contributed by atoms with Crippen molar-refractivity contribution in [2.24, 2.45) is 5.41 Å². The molecule has 2 fully saturated rings. The number of carbonyl (C=O) groups is 3. The first-order valence-corrected chi connectivity index (χ1v) is 11.7. The number of ketones is 1. The highest BCUT2D eigenvalue weighted by Gasteiger charge is 2.42. The van der Waals surface area contributed by atoms with E-state index in [-0.39, 0.29) is 23.1 Å². The molecule has 1 aliphatic carbocycles. The van der Waals surface area contributed by atoms with Crippen LogP contribution in [0.2, 0.25) is 0 Å². The number of carbonyl (C=O) groups excluding carboxylic acids is 3. The quantitative estimate of drug-likeness (QED) is 0.614. The fourth-order valence-corrected chi connectivity index (χ4v) is 5.53. The minimum absolute atomic E-state index is 0.102. The minimum atomic E-state index is -0.155. The lowest BCUT2D eigenvalue weighted by Gasteiger charge is -2.43. The van der Waals surface area contributed by atoms with Gasteiger partial charge in [-0.05, 0) is 49.3 Å². The van der Waals surface area contributed by atoms with Gasteiger partial charge in [-0.15, -0.1) is 0 Å². The van der Waals surface area contributed by atoms with Crippen LogP contribution in [0.5, 0.6) is 0 Å². The van der Waals surface area contributed by atoms with Crippen molar-refractivity contribution >= 4 is 34.1 Å². The monoisotopic (exact) mass is 442 g/mol. The largest absolute Gasteiger partial charge is 0.342 e. The van der Waals surface area contributed by atoms with Crippen molar-refractivity contribution < 1.29 is 14.4 Å². The Morgan fingerprint density at radius 3 is 2.64 bits per heavy atom. The molecule has 0 spiro atoms. The van der Waals surface area contributed by atoms with Gasteiger partial charge in [0.2, 0.25) is 5.91 Å². The Kier molecular flexibility index (Phi) is 4.44. The van der Waals surface area contributed by atoms with Gasteiger partial charge in [-0.2, -0.15) is 5.10 Å². The molecule has 7 nitrogen and oxygen atoms in total. The lowest BCUT2D eigenvalue weighted by Crippen LogP contribution is -2.49. The van der Waals surface area contributed by atoms with Crippen LogP contribution >= 0.6 is 0 Å². The maximum absolute atomic E-state index is 13.4. The molecule has 1 N–H and O–H groups in total. The third kappa shape index (κ3) is 3.09. The third-order valence-electron chi connectivity index (χ3n) is 7.74. The summed E-state index contributed by atoms with van der Waals surface area (Å²) in [4.78, 5) is 40.4. The Morgan fingerprint density at radius 1 is 1.12 bits per heavy atom. The van der Waals surface area contributed by atoms with E-state index in [2.05, 4.69) is 17.3 Å². The Bertz CT molecular complexity index is 1310. The summed E-state index contributed by atoms with van der Waals surface area (Å²) in [5.41, 5.74) is 2.30. The number of hydrogen-bond acceptors (Lipinski definition) is 4. The van der Waals surface area contributed by atoms with Crippen LogP contribution in [0.4, 0.5) is 5.69 Å². The minimum Gasteiger partial charge on any atom is -0.342 e. The standard InChI is InChI=1S/C26H26N4O3/c1-26(10-3-11-26)25(33)29-12-8-17(9-13-29)30-15-16(14-27-30)23(31)19-6-7-21-22-18(19)4-2-5-20(22)24(32)28-21/h2,4-7,14-15,17H,3,8-13H2,1H3,(H,28,32). The van der Waals surface area contributed by atoms with Crippen LogP contribution in [0.1, 0.15) is 71.3 Å². The van der Waals surface area contributed by atoms with Gasteiger partial charge in [-0.25, -0.2) is 0 Å². The summed E-state index contributed by atoms with van der Waals surface area (Å²) in [6.07, 6.45) is 8.27. The molecule has 0 bridgehead atoms. The molecule has 2 amide bonds. The van der Waals surface area contributed by atoms with Crippen molar-refractivity contribution in [2.75, 3.05) is 18.4 Å². The second-order valence-corrected chi connectivity index (χ2v) is 9.82. The van der Waals surface area contributed by atoms with E-state index in [0.29, 0.717) is 22.6 Å². The Hall–Kier alpha value is -3.48. The molecule has 3 aromatic rings. The highest BCUT2D eigenvalue weighted by molar-refractivity contribution is 6.27. The van der Waals surface area contributed by atoms with Crippen molar-refractivity contribution in [2.45, 2.75) is 45.1 Å². The molecule has 33 heavy (non-hydrogen) atoms. The first kappa shape index (κ1) is 20.1. The average molecular weight is 443 g/mol. The number of likely N-dealkylation sites (tertiary alicyclic amines) is 1. The fraction of sp³-hybridized carbons (Fsp3) is 0.385. The summed E-state index contributed by atoms with van der Waals surface area (Å²) in [6.45, 7) is 3.55. The molecular weight excluding hydrogens is 416 g/mol. The van der Waals surface area contributed by atoms with Gasteiger partial charge in [-0.1, -0.05) is 25.5 Å². The topological polar surface area (TPSA) is 84.3 Å². The Morgan fingerprint density at radius 2 is 1.91 bits per heavy atom. The first-order valence-electron chi connectivity index (χ1n) is 11.7. The summed E-state index contributed by atoms with van der Waals surface area (Å²) < 4.78 is 1.88. The molecule has 0 atom stereocenters. The molecule has 0 radical (unpaired) electrons. The zero-order valence-electron chi connectivity index (χ0n) is 18.6. The predicted molar refractivity (Wildman–Crippen MR) is 124 cm³/mol. The average Bonchev–Trinajstić information content (AvgIpc) is 3.43. The maximum atomic E-state index is 13.4. The van der Waals surface area contributed by atoms with Gasteiger partial charge in [0.05, 0.1) is 17.8 Å². The van der Waals surface area contributed by atoms with Gasteiger partial charge >= 0.3 is 0 Å². The third-order valence-corrected chi connectivity index (χ3v) is 7.74. The molecule has 3 aliphatic rings. The molecule has 6 rings (SSSR count). The summed E-state index contributed by atoms with van der Waals surface area (Å²) in [6, 6.07) is 9.23. The SMILES string of the molecule is CC1(C(=O)N2CCC(n3cc(C(=O)c4ccc5c6c(cccc46)C(=O)N5)cn3)CC2)CCC1. The van der Waals surface area contributed by atoms with Crippen molar-refractivity contribution in [1.82, 2.24) is 14.7 Å². The number of nitrogens with zero attached hydrogens (tertiary/aromatic N) is 3. The number of benzene rings is 2. The van der Waals surface area contributed by atoms with Crippen LogP contribution in [0.3, 0.4) is 0 Å². The van der Waals surface area contributed by atoms with E-state index in [1.807, 2.05) is 27.9 Å². The number of nitrogens with one attached hydrogen (secondary N) is 1. The summed E-state index contributed by atoms with van der Waals surface area (Å²) in [5, 5.41) is 8.93. The van der Waals surface area contributed by atoms with E-state index in [1.54, 1.807) is 24.4 Å². The van der Waals surface area contributed by atoms with Crippen LogP contribution in [-0.4, -0.2) is 45.4 Å². The highest BCUT2D eigenvalue weighted by atomic mass is 16.2. The number of rotatable bonds is 4. The lowest BCUT2D eigenvalue weighted by molar-refractivity contribution is -0.147. The van der Waals surface area contributed by atoms with Gasteiger partial charge in [0.25, 0.3) is 5.91 Å². The van der Waals surface area contributed by atoms with E-state index in [0.717, 1.165) is 61.7 Å². The molecule has 1 aromatic heterocycles. The molecule has 7 heteroatoms. The van der Waals surface area contributed by atoms with Gasteiger partial charge in [0.1, 0.15) is 0 Å².